The zero-order chi connectivity index (χ0) is 23.5. The number of imide groups is 1. The molecule has 8 heteroatoms. The van der Waals surface area contributed by atoms with Crippen molar-refractivity contribution in [1.29, 1.82) is 0 Å². The summed E-state index contributed by atoms with van der Waals surface area (Å²) in [5.41, 5.74) is 1.66. The summed E-state index contributed by atoms with van der Waals surface area (Å²) in [5.74, 6) is 0.422. The average molecular weight is 465 g/mol. The number of nitrogens with zero attached hydrogens (tertiary/aromatic N) is 1. The van der Waals surface area contributed by atoms with Gasteiger partial charge in [0.05, 0.1) is 38.3 Å². The van der Waals surface area contributed by atoms with E-state index in [0.29, 0.717) is 39.2 Å². The summed E-state index contributed by atoms with van der Waals surface area (Å²) < 4.78 is 16.1. The quantitative estimate of drug-likeness (QED) is 0.508. The summed E-state index contributed by atoms with van der Waals surface area (Å²) >= 11 is 6.05. The molecule has 3 aromatic rings. The maximum Gasteiger partial charge on any atom is 0.282 e. The fourth-order valence-corrected chi connectivity index (χ4v) is 3.74. The third kappa shape index (κ3) is 4.10. The van der Waals surface area contributed by atoms with Crippen LogP contribution in [0.5, 0.6) is 17.2 Å². The Kier molecular flexibility index (Phi) is 6.24. The first kappa shape index (κ1) is 22.2. The number of carbonyl (C=O) groups excluding carboxylic acids is 2. The van der Waals surface area contributed by atoms with Gasteiger partial charge in [-0.15, -0.1) is 0 Å². The number of hydrogen-bond donors (Lipinski definition) is 1. The number of methoxy groups -OCH3 is 3. The first-order valence-electron chi connectivity index (χ1n) is 9.99. The van der Waals surface area contributed by atoms with Crippen molar-refractivity contribution in [2.24, 2.45) is 0 Å². The summed E-state index contributed by atoms with van der Waals surface area (Å²) in [4.78, 5) is 28.3. The fraction of sp³-hybridized carbons (Fsp3) is 0.120. The maximum absolute atomic E-state index is 13.6. The molecule has 3 aromatic carbocycles. The lowest BCUT2D eigenvalue weighted by Crippen LogP contribution is -2.32. The summed E-state index contributed by atoms with van der Waals surface area (Å²) in [6.45, 7) is 0. The molecule has 0 saturated carbocycles. The molecule has 0 fully saturated rings. The van der Waals surface area contributed by atoms with E-state index in [1.807, 2.05) is 0 Å². The number of para-hydroxylation sites is 2. The van der Waals surface area contributed by atoms with Crippen molar-refractivity contribution in [3.05, 3.63) is 83.0 Å². The number of halogens is 1. The molecule has 1 aliphatic rings. The first-order chi connectivity index (χ1) is 16.0. The fourth-order valence-electron chi connectivity index (χ4n) is 3.61. The van der Waals surface area contributed by atoms with E-state index in [2.05, 4.69) is 5.32 Å². The van der Waals surface area contributed by atoms with Gasteiger partial charge in [0.15, 0.2) is 0 Å². The molecule has 1 N–H and O–H groups in total. The van der Waals surface area contributed by atoms with Crippen molar-refractivity contribution in [1.82, 2.24) is 0 Å². The van der Waals surface area contributed by atoms with Crippen LogP contribution < -0.4 is 24.4 Å². The molecule has 0 radical (unpaired) electrons. The summed E-state index contributed by atoms with van der Waals surface area (Å²) in [5, 5.41) is 3.62. The van der Waals surface area contributed by atoms with E-state index < -0.39 is 11.8 Å². The van der Waals surface area contributed by atoms with Gasteiger partial charge in [0, 0.05) is 11.1 Å². The number of carbonyl (C=O) groups is 2. The summed E-state index contributed by atoms with van der Waals surface area (Å²) in [6, 6.07) is 18.7. The van der Waals surface area contributed by atoms with Crippen molar-refractivity contribution in [3.8, 4) is 17.2 Å². The van der Waals surface area contributed by atoms with Crippen LogP contribution >= 0.6 is 11.6 Å². The highest BCUT2D eigenvalue weighted by molar-refractivity contribution is 6.46. The zero-order valence-corrected chi connectivity index (χ0v) is 19.0. The van der Waals surface area contributed by atoms with Gasteiger partial charge >= 0.3 is 0 Å². The van der Waals surface area contributed by atoms with Gasteiger partial charge in [0.2, 0.25) is 0 Å². The zero-order valence-electron chi connectivity index (χ0n) is 18.2. The van der Waals surface area contributed by atoms with Gasteiger partial charge in [-0.2, -0.15) is 0 Å². The number of nitrogens with one attached hydrogen (secondary N) is 1. The maximum atomic E-state index is 13.6. The van der Waals surface area contributed by atoms with Crippen LogP contribution in [-0.2, 0) is 9.59 Å². The topological polar surface area (TPSA) is 77.1 Å². The lowest BCUT2D eigenvalue weighted by molar-refractivity contribution is -0.120. The standard InChI is InChI=1S/C25H21ClN2O5/c1-31-17-12-13-20(32-2)18(14-17)27-23-22(15-8-10-16(26)11-9-15)24(29)28(25(23)30)19-6-4-5-7-21(19)33-3/h4-14,27H,1-3H3. The Labute approximate surface area is 196 Å². The van der Waals surface area contributed by atoms with Crippen LogP contribution in [-0.4, -0.2) is 33.1 Å². The summed E-state index contributed by atoms with van der Waals surface area (Å²) in [7, 11) is 4.54. The highest BCUT2D eigenvalue weighted by atomic mass is 35.5. The predicted octanol–water partition coefficient (Wildman–Crippen LogP) is 4.76. The number of anilines is 2. The molecule has 168 valence electrons. The van der Waals surface area contributed by atoms with Gasteiger partial charge in [0.25, 0.3) is 11.8 Å². The number of ether oxygens (including phenoxy) is 3. The minimum Gasteiger partial charge on any atom is -0.497 e. The normalized spacial score (nSPS) is 13.4. The molecule has 0 atom stereocenters. The molecule has 0 aliphatic carbocycles. The second kappa shape index (κ2) is 9.26. The van der Waals surface area contributed by atoms with Crippen LogP contribution in [0.4, 0.5) is 11.4 Å². The Morgan fingerprint density at radius 1 is 0.788 bits per heavy atom. The van der Waals surface area contributed by atoms with Crippen molar-refractivity contribution < 1.29 is 23.8 Å². The van der Waals surface area contributed by atoms with Gasteiger partial charge in [0.1, 0.15) is 22.9 Å². The van der Waals surface area contributed by atoms with Crippen LogP contribution in [0.3, 0.4) is 0 Å². The van der Waals surface area contributed by atoms with E-state index in [-0.39, 0.29) is 11.3 Å². The largest absolute Gasteiger partial charge is 0.497 e. The smallest absolute Gasteiger partial charge is 0.282 e. The highest BCUT2D eigenvalue weighted by Gasteiger charge is 2.41. The van der Waals surface area contributed by atoms with Crippen LogP contribution in [0.2, 0.25) is 5.02 Å². The van der Waals surface area contributed by atoms with Gasteiger partial charge in [-0.1, -0.05) is 35.9 Å². The lowest BCUT2D eigenvalue weighted by atomic mass is 10.0. The van der Waals surface area contributed by atoms with Crippen molar-refractivity contribution in [2.45, 2.75) is 0 Å². The molecule has 7 nitrogen and oxygen atoms in total. The third-order valence-corrected chi connectivity index (χ3v) is 5.46. The molecular weight excluding hydrogens is 444 g/mol. The molecule has 1 aliphatic heterocycles. The Bertz CT molecular complexity index is 1250. The second-order valence-corrected chi connectivity index (χ2v) is 7.50. The van der Waals surface area contributed by atoms with E-state index in [1.54, 1.807) is 66.7 Å². The number of benzene rings is 3. The number of hydrogen-bond acceptors (Lipinski definition) is 6. The number of amides is 2. The van der Waals surface area contributed by atoms with E-state index in [9.17, 15) is 9.59 Å². The van der Waals surface area contributed by atoms with Crippen molar-refractivity contribution in [2.75, 3.05) is 31.5 Å². The molecule has 0 bridgehead atoms. The molecule has 4 rings (SSSR count). The number of rotatable bonds is 7. The SMILES string of the molecule is COc1ccc(OC)c(NC2=C(c3ccc(Cl)cc3)C(=O)N(c3ccccc3OC)C2=O)c1. The Morgan fingerprint density at radius 2 is 1.48 bits per heavy atom. The van der Waals surface area contributed by atoms with Gasteiger partial charge < -0.3 is 19.5 Å². The average Bonchev–Trinajstić information content (AvgIpc) is 3.08. The van der Waals surface area contributed by atoms with Gasteiger partial charge in [-0.25, -0.2) is 4.90 Å². The molecule has 2 amide bonds. The summed E-state index contributed by atoms with van der Waals surface area (Å²) in [6.07, 6.45) is 0. The monoisotopic (exact) mass is 464 g/mol. The minimum atomic E-state index is -0.528. The van der Waals surface area contributed by atoms with Crippen molar-refractivity contribution >= 4 is 40.4 Å². The molecule has 0 aromatic heterocycles. The molecule has 1 heterocycles. The van der Waals surface area contributed by atoms with Crippen LogP contribution in [0, 0.1) is 0 Å². The first-order valence-corrected chi connectivity index (χ1v) is 10.4. The predicted molar refractivity (Wildman–Crippen MR) is 127 cm³/mol. The highest BCUT2D eigenvalue weighted by Crippen LogP contribution is 2.39. The van der Waals surface area contributed by atoms with Gasteiger partial charge in [-0.05, 0) is 42.0 Å². The van der Waals surface area contributed by atoms with Crippen LogP contribution in [0.1, 0.15) is 5.56 Å². The molecule has 0 unspecified atom stereocenters. The van der Waals surface area contributed by atoms with E-state index >= 15 is 0 Å². The lowest BCUT2D eigenvalue weighted by Gasteiger charge is -2.18. The van der Waals surface area contributed by atoms with Gasteiger partial charge in [-0.3, -0.25) is 9.59 Å². The van der Waals surface area contributed by atoms with E-state index in [0.717, 1.165) is 4.90 Å². The molecule has 0 saturated heterocycles. The van der Waals surface area contributed by atoms with Crippen molar-refractivity contribution in [3.63, 3.8) is 0 Å². The molecular formula is C25H21ClN2O5. The Morgan fingerprint density at radius 3 is 2.15 bits per heavy atom. The Balaban J connectivity index is 1.87. The molecule has 0 spiro atoms. The third-order valence-electron chi connectivity index (χ3n) is 5.21. The second-order valence-electron chi connectivity index (χ2n) is 7.07. The molecule has 33 heavy (non-hydrogen) atoms. The van der Waals surface area contributed by atoms with E-state index in [1.165, 1.54) is 21.3 Å². The minimum absolute atomic E-state index is 0.0970. The van der Waals surface area contributed by atoms with Crippen LogP contribution in [0.15, 0.2) is 72.4 Å². The van der Waals surface area contributed by atoms with Crippen LogP contribution in [0.25, 0.3) is 5.57 Å². The Hall–Kier alpha value is -3.97. The van der Waals surface area contributed by atoms with E-state index in [4.69, 9.17) is 25.8 Å².